The van der Waals surface area contributed by atoms with Gasteiger partial charge in [0.25, 0.3) is 0 Å². The van der Waals surface area contributed by atoms with Crippen LogP contribution in [0.4, 0.5) is 0 Å². The average molecular weight is 297 g/mol. The summed E-state index contributed by atoms with van der Waals surface area (Å²) in [4.78, 5) is 0. The van der Waals surface area contributed by atoms with Crippen molar-refractivity contribution in [2.24, 2.45) is 5.92 Å². The number of hydrogen-bond donors (Lipinski definition) is 2. The fourth-order valence-electron chi connectivity index (χ4n) is 2.19. The normalized spacial score (nSPS) is 16.1. The molecule has 4 heteroatoms. The molecule has 0 aliphatic heterocycles. The van der Waals surface area contributed by atoms with Gasteiger partial charge in [0.05, 0.1) is 6.10 Å². The summed E-state index contributed by atoms with van der Waals surface area (Å²) in [6, 6.07) is 8.31. The van der Waals surface area contributed by atoms with E-state index < -0.39 is 16.9 Å². The summed E-state index contributed by atoms with van der Waals surface area (Å²) < 4.78 is 11.1. The van der Waals surface area contributed by atoms with Crippen LogP contribution in [0.1, 0.15) is 38.0 Å². The second-order valence-corrected chi connectivity index (χ2v) is 7.38. The molecule has 0 aromatic heterocycles. The van der Waals surface area contributed by atoms with E-state index >= 15 is 0 Å². The van der Waals surface area contributed by atoms with Crippen LogP contribution in [0, 0.1) is 5.92 Å². The molecule has 0 heterocycles. The monoisotopic (exact) mass is 297 g/mol. The van der Waals surface area contributed by atoms with E-state index in [2.05, 4.69) is 31.3 Å². The molecule has 0 radical (unpaired) electrons. The van der Waals surface area contributed by atoms with Gasteiger partial charge in [-0.2, -0.15) is 0 Å². The van der Waals surface area contributed by atoms with E-state index in [4.69, 9.17) is 0 Å². The minimum atomic E-state index is -0.808. The van der Waals surface area contributed by atoms with Crippen molar-refractivity contribution < 1.29 is 9.32 Å². The van der Waals surface area contributed by atoms with Crippen LogP contribution in [0.2, 0.25) is 0 Å². The van der Waals surface area contributed by atoms with Gasteiger partial charge in [-0.05, 0) is 30.4 Å². The fraction of sp³-hybridized carbons (Fsp3) is 0.625. The molecular weight excluding hydrogens is 270 g/mol. The van der Waals surface area contributed by atoms with Crippen molar-refractivity contribution in [3.63, 3.8) is 0 Å². The average Bonchev–Trinajstić information content (AvgIpc) is 2.35. The Balaban J connectivity index is 2.47. The SMILES string of the molecule is CC(C)Cc1ccc(C(O)CNC(C)CS(C)=O)cc1. The summed E-state index contributed by atoms with van der Waals surface area (Å²) in [5.74, 6) is 1.25. The second kappa shape index (κ2) is 8.55. The number of aliphatic hydroxyl groups is 1. The van der Waals surface area contributed by atoms with Gasteiger partial charge in [0.2, 0.25) is 0 Å². The zero-order valence-electron chi connectivity index (χ0n) is 12.9. The Morgan fingerprint density at radius 2 is 1.80 bits per heavy atom. The van der Waals surface area contributed by atoms with Crippen molar-refractivity contribution in [2.45, 2.75) is 39.3 Å². The molecule has 3 nitrogen and oxygen atoms in total. The van der Waals surface area contributed by atoms with E-state index in [1.807, 2.05) is 19.1 Å². The van der Waals surface area contributed by atoms with Crippen molar-refractivity contribution in [3.05, 3.63) is 35.4 Å². The van der Waals surface area contributed by atoms with Crippen LogP contribution in [0.5, 0.6) is 0 Å². The topological polar surface area (TPSA) is 49.3 Å². The summed E-state index contributed by atoms with van der Waals surface area (Å²) in [6.45, 7) is 6.87. The van der Waals surface area contributed by atoms with Crippen LogP contribution in [0.25, 0.3) is 0 Å². The van der Waals surface area contributed by atoms with E-state index in [9.17, 15) is 9.32 Å². The van der Waals surface area contributed by atoms with Gasteiger partial charge in [-0.3, -0.25) is 4.21 Å². The van der Waals surface area contributed by atoms with Crippen LogP contribution in [-0.2, 0) is 17.2 Å². The Morgan fingerprint density at radius 3 is 2.30 bits per heavy atom. The zero-order valence-corrected chi connectivity index (χ0v) is 13.7. The third-order valence-electron chi connectivity index (χ3n) is 3.15. The van der Waals surface area contributed by atoms with Crippen molar-refractivity contribution in [3.8, 4) is 0 Å². The molecule has 0 bridgehead atoms. The van der Waals surface area contributed by atoms with E-state index in [0.29, 0.717) is 18.2 Å². The quantitative estimate of drug-likeness (QED) is 0.774. The number of hydrogen-bond acceptors (Lipinski definition) is 3. The first-order valence-electron chi connectivity index (χ1n) is 7.18. The van der Waals surface area contributed by atoms with Crippen molar-refractivity contribution in [1.82, 2.24) is 5.32 Å². The Morgan fingerprint density at radius 1 is 1.20 bits per heavy atom. The van der Waals surface area contributed by atoms with Gasteiger partial charge < -0.3 is 10.4 Å². The van der Waals surface area contributed by atoms with Crippen molar-refractivity contribution >= 4 is 10.8 Å². The second-order valence-electron chi connectivity index (χ2n) is 5.90. The molecule has 3 unspecified atom stereocenters. The maximum absolute atomic E-state index is 11.1. The number of nitrogens with one attached hydrogen (secondary N) is 1. The summed E-state index contributed by atoms with van der Waals surface area (Å²) in [7, 11) is -0.808. The van der Waals surface area contributed by atoms with Crippen LogP contribution in [0.15, 0.2) is 24.3 Å². The summed E-state index contributed by atoms with van der Waals surface area (Å²) >= 11 is 0. The Bertz CT molecular complexity index is 417. The molecule has 2 N–H and O–H groups in total. The van der Waals surface area contributed by atoms with E-state index in [-0.39, 0.29) is 6.04 Å². The molecule has 0 spiro atoms. The minimum Gasteiger partial charge on any atom is -0.387 e. The van der Waals surface area contributed by atoms with Gasteiger partial charge in [0, 0.05) is 35.4 Å². The highest BCUT2D eigenvalue weighted by atomic mass is 32.2. The van der Waals surface area contributed by atoms with Gasteiger partial charge in [-0.1, -0.05) is 38.1 Å². The number of rotatable bonds is 8. The molecule has 20 heavy (non-hydrogen) atoms. The van der Waals surface area contributed by atoms with Gasteiger partial charge in [-0.15, -0.1) is 0 Å². The molecule has 0 saturated heterocycles. The molecule has 0 aliphatic carbocycles. The molecule has 0 amide bonds. The molecule has 114 valence electrons. The first kappa shape index (κ1) is 17.3. The first-order valence-corrected chi connectivity index (χ1v) is 8.91. The lowest BCUT2D eigenvalue weighted by Crippen LogP contribution is -2.34. The first-order chi connectivity index (χ1) is 9.38. The van der Waals surface area contributed by atoms with E-state index in [0.717, 1.165) is 12.0 Å². The van der Waals surface area contributed by atoms with Crippen molar-refractivity contribution in [2.75, 3.05) is 18.6 Å². The highest BCUT2D eigenvalue weighted by Crippen LogP contribution is 2.15. The van der Waals surface area contributed by atoms with E-state index in [1.54, 1.807) is 6.26 Å². The Hall–Kier alpha value is -0.710. The largest absolute Gasteiger partial charge is 0.387 e. The smallest absolute Gasteiger partial charge is 0.0914 e. The standard InChI is InChI=1S/C16H27NO2S/c1-12(2)9-14-5-7-15(8-6-14)16(18)10-17-13(3)11-20(4)19/h5-8,12-13,16-18H,9-11H2,1-4H3. The van der Waals surface area contributed by atoms with Crippen LogP contribution in [0.3, 0.4) is 0 Å². The maximum Gasteiger partial charge on any atom is 0.0914 e. The predicted molar refractivity (Wildman–Crippen MR) is 86.3 cm³/mol. The number of benzene rings is 1. The third-order valence-corrected chi connectivity index (χ3v) is 4.12. The molecule has 0 aliphatic rings. The lowest BCUT2D eigenvalue weighted by atomic mass is 10.0. The minimum absolute atomic E-state index is 0.149. The Labute approximate surface area is 125 Å². The third kappa shape index (κ3) is 6.64. The fourth-order valence-corrected chi connectivity index (χ4v) is 3.01. The zero-order chi connectivity index (χ0) is 15.1. The highest BCUT2D eigenvalue weighted by molar-refractivity contribution is 7.84. The molecule has 0 fully saturated rings. The lowest BCUT2D eigenvalue weighted by Gasteiger charge is -2.17. The molecule has 3 atom stereocenters. The predicted octanol–water partition coefficient (Wildman–Crippen LogP) is 2.28. The molecule has 1 aromatic rings. The molecule has 1 aromatic carbocycles. The lowest BCUT2D eigenvalue weighted by molar-refractivity contribution is 0.172. The van der Waals surface area contributed by atoms with E-state index in [1.165, 1.54) is 5.56 Å². The molecule has 0 saturated carbocycles. The highest BCUT2D eigenvalue weighted by Gasteiger charge is 2.10. The van der Waals surface area contributed by atoms with Gasteiger partial charge in [0.15, 0.2) is 0 Å². The van der Waals surface area contributed by atoms with Crippen molar-refractivity contribution in [1.29, 1.82) is 0 Å². The summed E-state index contributed by atoms with van der Waals surface area (Å²) in [5, 5.41) is 13.4. The van der Waals surface area contributed by atoms with Gasteiger partial charge in [0.1, 0.15) is 0 Å². The summed E-state index contributed by atoms with van der Waals surface area (Å²) in [5.41, 5.74) is 2.23. The molecule has 1 rings (SSSR count). The summed E-state index contributed by atoms with van der Waals surface area (Å²) in [6.07, 6.45) is 2.24. The number of aliphatic hydroxyl groups excluding tert-OH is 1. The van der Waals surface area contributed by atoms with Gasteiger partial charge in [-0.25, -0.2) is 0 Å². The van der Waals surface area contributed by atoms with Crippen LogP contribution in [-0.4, -0.2) is 33.9 Å². The Kier molecular flexibility index (Phi) is 7.41. The van der Waals surface area contributed by atoms with Gasteiger partial charge >= 0.3 is 0 Å². The van der Waals surface area contributed by atoms with Crippen LogP contribution >= 0.6 is 0 Å². The maximum atomic E-state index is 11.1. The molecular formula is C16H27NO2S. The van der Waals surface area contributed by atoms with Crippen LogP contribution < -0.4 is 5.32 Å².